The normalized spacial score (nSPS) is 10.7. The molecule has 0 spiro atoms. The number of nitrogens with zero attached hydrogens (tertiary/aromatic N) is 9. The second-order valence-corrected chi connectivity index (χ2v) is 9.95. The minimum absolute atomic E-state index is 0.932. The maximum absolute atomic E-state index is 4.29. The molecule has 0 N–H and O–H groups in total. The van der Waals surface area contributed by atoms with Gasteiger partial charge >= 0.3 is 0 Å². The average Bonchev–Trinajstić information content (AvgIpc) is 3.12. The molecule has 7 aromatic rings. The Kier molecular flexibility index (Phi) is 7.78. The molecule has 7 rings (SSSR count). The van der Waals surface area contributed by atoms with Gasteiger partial charge in [-0.2, -0.15) is 0 Å². The highest BCUT2D eigenvalue weighted by molar-refractivity contribution is 5.88. The second-order valence-electron chi connectivity index (χ2n) is 9.95. The van der Waals surface area contributed by atoms with Crippen LogP contribution in [0.2, 0.25) is 0 Å². The summed E-state index contributed by atoms with van der Waals surface area (Å²) in [6, 6.07) is 30.5. The highest BCUT2D eigenvalue weighted by atomic mass is 15.2. The van der Waals surface area contributed by atoms with E-state index < -0.39 is 0 Å². The molecule has 216 valence electrons. The van der Waals surface area contributed by atoms with E-state index in [2.05, 4.69) is 62.8 Å². The van der Waals surface area contributed by atoms with Crippen LogP contribution < -0.4 is 14.7 Å². The van der Waals surface area contributed by atoms with Crippen molar-refractivity contribution < 1.29 is 0 Å². The van der Waals surface area contributed by atoms with Gasteiger partial charge in [-0.05, 0) is 91.0 Å². The summed E-state index contributed by atoms with van der Waals surface area (Å²) in [5.74, 6) is 0. The van der Waals surface area contributed by atoms with Gasteiger partial charge in [0.15, 0.2) is 0 Å². The van der Waals surface area contributed by atoms with E-state index in [1.165, 1.54) is 0 Å². The van der Waals surface area contributed by atoms with E-state index >= 15 is 0 Å². The number of hydrogen-bond donors (Lipinski definition) is 0. The summed E-state index contributed by atoms with van der Waals surface area (Å²) in [6.45, 7) is 0. The molecule has 0 saturated heterocycles. The first-order valence-corrected chi connectivity index (χ1v) is 14.3. The molecular formula is C36H27N9. The third-order valence-corrected chi connectivity index (χ3v) is 7.19. The van der Waals surface area contributed by atoms with Crippen LogP contribution in [0.1, 0.15) is 0 Å². The van der Waals surface area contributed by atoms with Crippen molar-refractivity contribution in [2.45, 2.75) is 0 Å². The quantitative estimate of drug-likeness (QED) is 0.165. The maximum Gasteiger partial charge on any atom is 0.0503 e. The molecule has 0 unspecified atom stereocenters. The highest BCUT2D eigenvalue weighted by Gasteiger charge is 2.22. The van der Waals surface area contributed by atoms with Crippen molar-refractivity contribution >= 4 is 51.2 Å². The highest BCUT2D eigenvalue weighted by Crippen LogP contribution is 2.45. The molecule has 0 aliphatic heterocycles. The van der Waals surface area contributed by atoms with Gasteiger partial charge < -0.3 is 14.7 Å². The number of rotatable bonds is 9. The van der Waals surface area contributed by atoms with E-state index in [0.29, 0.717) is 0 Å². The molecule has 6 heterocycles. The van der Waals surface area contributed by atoms with E-state index in [0.717, 1.165) is 51.2 Å². The molecule has 9 nitrogen and oxygen atoms in total. The topological polar surface area (TPSA) is 87.1 Å². The number of pyridine rings is 6. The molecule has 0 atom stereocenters. The first-order chi connectivity index (χ1) is 22.3. The Morgan fingerprint density at radius 1 is 0.222 bits per heavy atom. The number of hydrogen-bond acceptors (Lipinski definition) is 9. The monoisotopic (exact) mass is 585 g/mol. The first kappa shape index (κ1) is 27.4. The summed E-state index contributed by atoms with van der Waals surface area (Å²) in [6.07, 6.45) is 21.6. The molecule has 1 aromatic carbocycles. The second kappa shape index (κ2) is 12.8. The van der Waals surface area contributed by atoms with Crippen molar-refractivity contribution in [1.82, 2.24) is 29.9 Å². The minimum Gasteiger partial charge on any atom is -0.310 e. The van der Waals surface area contributed by atoms with Crippen LogP contribution in [0.3, 0.4) is 0 Å². The van der Waals surface area contributed by atoms with Crippen LogP contribution >= 0.6 is 0 Å². The zero-order valence-corrected chi connectivity index (χ0v) is 24.1. The molecule has 0 fully saturated rings. The maximum atomic E-state index is 4.29. The van der Waals surface area contributed by atoms with E-state index in [1.54, 1.807) is 74.4 Å². The number of aromatic nitrogens is 6. The predicted molar refractivity (Wildman–Crippen MR) is 177 cm³/mol. The lowest BCUT2D eigenvalue weighted by molar-refractivity contribution is 1.18. The lowest BCUT2D eigenvalue weighted by Crippen LogP contribution is -2.16. The molecule has 0 amide bonds. The van der Waals surface area contributed by atoms with Gasteiger partial charge in [0, 0.05) is 108 Å². The molecule has 6 aromatic heterocycles. The van der Waals surface area contributed by atoms with E-state index in [4.69, 9.17) is 0 Å². The molecule has 0 radical (unpaired) electrons. The summed E-state index contributed by atoms with van der Waals surface area (Å²) in [4.78, 5) is 32.3. The van der Waals surface area contributed by atoms with Crippen molar-refractivity contribution in [2.24, 2.45) is 0 Å². The van der Waals surface area contributed by atoms with Gasteiger partial charge in [0.25, 0.3) is 0 Å². The van der Waals surface area contributed by atoms with Crippen molar-refractivity contribution in [3.05, 3.63) is 165 Å². The van der Waals surface area contributed by atoms with Gasteiger partial charge in [-0.1, -0.05) is 0 Å². The fraction of sp³-hybridized carbons (Fsp3) is 0. The summed E-state index contributed by atoms with van der Waals surface area (Å²) in [7, 11) is 0. The molecule has 9 heteroatoms. The summed E-state index contributed by atoms with van der Waals surface area (Å²) < 4.78 is 0. The molecular weight excluding hydrogens is 558 g/mol. The molecule has 45 heavy (non-hydrogen) atoms. The van der Waals surface area contributed by atoms with Crippen LogP contribution in [0, 0.1) is 0 Å². The molecule has 0 bridgehead atoms. The zero-order valence-electron chi connectivity index (χ0n) is 24.1. The summed E-state index contributed by atoms with van der Waals surface area (Å²) in [5, 5.41) is 0. The van der Waals surface area contributed by atoms with Gasteiger partial charge in [-0.25, -0.2) is 0 Å². The summed E-state index contributed by atoms with van der Waals surface area (Å²) in [5.41, 5.74) is 8.53. The Morgan fingerprint density at radius 2 is 0.378 bits per heavy atom. The molecule has 0 aliphatic carbocycles. The van der Waals surface area contributed by atoms with Gasteiger partial charge in [-0.3, -0.25) is 29.9 Å². The summed E-state index contributed by atoms with van der Waals surface area (Å²) >= 11 is 0. The SMILES string of the molecule is c1cc(N(c2ccncc2)c2cc(N(c3ccncc3)c3ccncc3)cc(N(c3ccncc3)c3ccncc3)c2)ccn1. The molecule has 0 saturated carbocycles. The number of anilines is 9. The average molecular weight is 586 g/mol. The first-order valence-electron chi connectivity index (χ1n) is 14.3. The predicted octanol–water partition coefficient (Wildman–Crippen LogP) is 8.47. The van der Waals surface area contributed by atoms with Crippen LogP contribution in [0.15, 0.2) is 165 Å². The van der Waals surface area contributed by atoms with Gasteiger partial charge in [0.05, 0.1) is 17.1 Å². The molecule has 0 aliphatic rings. The lowest BCUT2D eigenvalue weighted by atomic mass is 10.1. The van der Waals surface area contributed by atoms with Gasteiger partial charge in [0.1, 0.15) is 0 Å². The largest absolute Gasteiger partial charge is 0.310 e. The van der Waals surface area contributed by atoms with Crippen LogP contribution in [0.25, 0.3) is 0 Å². The Hall–Kier alpha value is -6.48. The van der Waals surface area contributed by atoms with Crippen LogP contribution in [0.4, 0.5) is 51.2 Å². The number of benzene rings is 1. The smallest absolute Gasteiger partial charge is 0.0503 e. The van der Waals surface area contributed by atoms with E-state index in [1.807, 2.05) is 72.8 Å². The third kappa shape index (κ3) is 5.91. The Bertz CT molecular complexity index is 1590. The van der Waals surface area contributed by atoms with Crippen LogP contribution in [0.5, 0.6) is 0 Å². The minimum atomic E-state index is 0.932. The van der Waals surface area contributed by atoms with E-state index in [9.17, 15) is 0 Å². The van der Waals surface area contributed by atoms with Crippen molar-refractivity contribution in [3.63, 3.8) is 0 Å². The standard InChI is InChI=1S/C36H27N9/c1-13-37-14-2-28(1)43(29-3-15-38-16-4-29)34-25-35(44(30-5-17-39-18-6-30)31-7-19-40-20-8-31)27-36(26-34)45(32-9-21-41-22-10-32)33-11-23-42-24-12-33/h1-27H. The fourth-order valence-electron chi connectivity index (χ4n) is 5.27. The van der Waals surface area contributed by atoms with E-state index in [-0.39, 0.29) is 0 Å². The Morgan fingerprint density at radius 3 is 0.533 bits per heavy atom. The zero-order chi connectivity index (χ0) is 30.3. The van der Waals surface area contributed by atoms with Crippen molar-refractivity contribution in [1.29, 1.82) is 0 Å². The van der Waals surface area contributed by atoms with Crippen LogP contribution in [-0.2, 0) is 0 Å². The van der Waals surface area contributed by atoms with Crippen molar-refractivity contribution in [2.75, 3.05) is 14.7 Å². The fourth-order valence-corrected chi connectivity index (χ4v) is 5.27. The van der Waals surface area contributed by atoms with Crippen LogP contribution in [-0.4, -0.2) is 29.9 Å². The lowest BCUT2D eigenvalue weighted by Gasteiger charge is -2.32. The van der Waals surface area contributed by atoms with Crippen molar-refractivity contribution in [3.8, 4) is 0 Å². The van der Waals surface area contributed by atoms with Gasteiger partial charge in [0.2, 0.25) is 0 Å². The third-order valence-electron chi connectivity index (χ3n) is 7.19. The van der Waals surface area contributed by atoms with Gasteiger partial charge in [-0.15, -0.1) is 0 Å². The Balaban J connectivity index is 1.52. The Labute approximate surface area is 260 Å².